The molecule has 6 heteroatoms. The Balaban J connectivity index is 1.86. The molecule has 108 valence electrons. The number of aliphatic hydroxyl groups excluding tert-OH is 1. The molecule has 0 atom stereocenters. The molecule has 0 fully saturated rings. The zero-order chi connectivity index (χ0) is 14.4. The first-order valence-corrected chi connectivity index (χ1v) is 7.79. The van der Waals surface area contributed by atoms with Gasteiger partial charge in [0.15, 0.2) is 0 Å². The third-order valence-electron chi connectivity index (χ3n) is 2.91. The standard InChI is InChI=1S/C14H19N3O2S/c1-11-4-2-5-13-16-12(10-17(11)13)14(19)15-6-9-20-8-3-7-18/h2,4-5,10,18H,3,6-9H2,1H3,(H,15,19). The lowest BCUT2D eigenvalue weighted by Gasteiger charge is -2.02. The molecule has 0 aliphatic heterocycles. The summed E-state index contributed by atoms with van der Waals surface area (Å²) >= 11 is 1.72. The number of aromatic nitrogens is 2. The number of nitrogens with one attached hydrogen (secondary N) is 1. The van der Waals surface area contributed by atoms with E-state index >= 15 is 0 Å². The lowest BCUT2D eigenvalue weighted by molar-refractivity contribution is 0.0952. The van der Waals surface area contributed by atoms with Crippen molar-refractivity contribution in [1.82, 2.24) is 14.7 Å². The maximum Gasteiger partial charge on any atom is 0.271 e. The van der Waals surface area contributed by atoms with Gasteiger partial charge in [0.05, 0.1) is 0 Å². The quantitative estimate of drug-likeness (QED) is 0.759. The first-order chi connectivity index (χ1) is 9.72. The molecular weight excluding hydrogens is 274 g/mol. The minimum absolute atomic E-state index is 0.143. The van der Waals surface area contributed by atoms with Crippen LogP contribution >= 0.6 is 11.8 Å². The lowest BCUT2D eigenvalue weighted by Crippen LogP contribution is -2.26. The molecule has 2 heterocycles. The highest BCUT2D eigenvalue weighted by molar-refractivity contribution is 7.99. The van der Waals surface area contributed by atoms with E-state index in [4.69, 9.17) is 5.11 Å². The summed E-state index contributed by atoms with van der Waals surface area (Å²) in [6.45, 7) is 2.82. The Morgan fingerprint density at radius 3 is 3.05 bits per heavy atom. The number of aryl methyl sites for hydroxylation is 1. The van der Waals surface area contributed by atoms with E-state index < -0.39 is 0 Å². The molecule has 5 nitrogen and oxygen atoms in total. The topological polar surface area (TPSA) is 66.6 Å². The van der Waals surface area contributed by atoms with Gasteiger partial charge in [-0.15, -0.1) is 0 Å². The molecular formula is C14H19N3O2S. The second-order valence-corrected chi connectivity index (χ2v) is 5.69. The van der Waals surface area contributed by atoms with Crippen LogP contribution in [0.15, 0.2) is 24.4 Å². The van der Waals surface area contributed by atoms with E-state index in [1.54, 1.807) is 18.0 Å². The molecule has 2 aromatic heterocycles. The fourth-order valence-corrected chi connectivity index (χ4v) is 2.64. The van der Waals surface area contributed by atoms with Crippen LogP contribution in [0.4, 0.5) is 0 Å². The van der Waals surface area contributed by atoms with Gasteiger partial charge in [-0.25, -0.2) is 4.98 Å². The predicted octanol–water partition coefficient (Wildman–Crippen LogP) is 1.49. The molecule has 0 aliphatic rings. The molecule has 2 rings (SSSR count). The average molecular weight is 293 g/mol. The molecule has 0 aliphatic carbocycles. The Morgan fingerprint density at radius 2 is 2.30 bits per heavy atom. The SMILES string of the molecule is Cc1cccc2nc(C(=O)NCCSCCCO)cn12. The normalized spacial score (nSPS) is 10.9. The minimum atomic E-state index is -0.143. The highest BCUT2D eigenvalue weighted by Crippen LogP contribution is 2.08. The largest absolute Gasteiger partial charge is 0.396 e. The number of hydrogen-bond acceptors (Lipinski definition) is 4. The van der Waals surface area contributed by atoms with Gasteiger partial charge in [0.2, 0.25) is 0 Å². The highest BCUT2D eigenvalue weighted by atomic mass is 32.2. The van der Waals surface area contributed by atoms with E-state index in [9.17, 15) is 4.79 Å². The number of nitrogens with zero attached hydrogens (tertiary/aromatic N) is 2. The van der Waals surface area contributed by atoms with E-state index in [-0.39, 0.29) is 12.5 Å². The first-order valence-electron chi connectivity index (χ1n) is 6.64. The van der Waals surface area contributed by atoms with Crippen molar-refractivity contribution in [3.05, 3.63) is 35.8 Å². The number of fused-ring (bicyclic) bond motifs is 1. The van der Waals surface area contributed by atoms with Crippen LogP contribution in [0.1, 0.15) is 22.6 Å². The maximum atomic E-state index is 12.0. The monoisotopic (exact) mass is 293 g/mol. The zero-order valence-electron chi connectivity index (χ0n) is 11.5. The molecule has 2 aromatic rings. The van der Waals surface area contributed by atoms with Crippen LogP contribution < -0.4 is 5.32 Å². The van der Waals surface area contributed by atoms with Crippen LogP contribution in [0.5, 0.6) is 0 Å². The summed E-state index contributed by atoms with van der Waals surface area (Å²) in [5.74, 6) is 1.62. The van der Waals surface area contributed by atoms with Gasteiger partial charge in [0.1, 0.15) is 11.3 Å². The predicted molar refractivity (Wildman–Crippen MR) is 81.3 cm³/mol. The minimum Gasteiger partial charge on any atom is -0.396 e. The number of rotatable bonds is 7. The van der Waals surface area contributed by atoms with Crippen LogP contribution in [0.3, 0.4) is 0 Å². The van der Waals surface area contributed by atoms with Crippen molar-refractivity contribution in [3.8, 4) is 0 Å². The second-order valence-electron chi connectivity index (χ2n) is 4.47. The fraction of sp³-hybridized carbons (Fsp3) is 0.429. The van der Waals surface area contributed by atoms with Gasteiger partial charge < -0.3 is 14.8 Å². The van der Waals surface area contributed by atoms with E-state index in [2.05, 4.69) is 10.3 Å². The van der Waals surface area contributed by atoms with Crippen molar-refractivity contribution < 1.29 is 9.90 Å². The molecule has 0 saturated carbocycles. The molecule has 0 radical (unpaired) electrons. The maximum absolute atomic E-state index is 12.0. The third kappa shape index (κ3) is 3.74. The van der Waals surface area contributed by atoms with Crippen molar-refractivity contribution in [2.75, 3.05) is 24.7 Å². The smallest absolute Gasteiger partial charge is 0.271 e. The second kappa shape index (κ2) is 7.31. The summed E-state index contributed by atoms with van der Waals surface area (Å²) in [6.07, 6.45) is 2.56. The van der Waals surface area contributed by atoms with Crippen LogP contribution in [0, 0.1) is 6.92 Å². The number of pyridine rings is 1. The average Bonchev–Trinajstić information content (AvgIpc) is 2.88. The fourth-order valence-electron chi connectivity index (χ4n) is 1.85. The number of imidazole rings is 1. The van der Waals surface area contributed by atoms with Crippen molar-refractivity contribution in [2.45, 2.75) is 13.3 Å². The number of aliphatic hydroxyl groups is 1. The van der Waals surface area contributed by atoms with E-state index in [0.29, 0.717) is 12.2 Å². The summed E-state index contributed by atoms with van der Waals surface area (Å²) < 4.78 is 1.91. The molecule has 0 spiro atoms. The van der Waals surface area contributed by atoms with Crippen molar-refractivity contribution >= 4 is 23.3 Å². The summed E-state index contributed by atoms with van der Waals surface area (Å²) in [6, 6.07) is 5.79. The summed E-state index contributed by atoms with van der Waals surface area (Å²) in [5.41, 5.74) is 2.28. The Labute approximate surface area is 122 Å². The van der Waals surface area contributed by atoms with Gasteiger partial charge in [-0.05, 0) is 31.2 Å². The van der Waals surface area contributed by atoms with Crippen LogP contribution in [-0.2, 0) is 0 Å². The molecule has 0 aromatic carbocycles. The molecule has 2 N–H and O–H groups in total. The van der Waals surface area contributed by atoms with Gasteiger partial charge in [-0.2, -0.15) is 11.8 Å². The van der Waals surface area contributed by atoms with Gasteiger partial charge in [0, 0.05) is 30.8 Å². The molecule has 0 unspecified atom stereocenters. The van der Waals surface area contributed by atoms with Crippen molar-refractivity contribution in [2.24, 2.45) is 0 Å². The van der Waals surface area contributed by atoms with E-state index in [1.807, 2.05) is 29.5 Å². The van der Waals surface area contributed by atoms with Crippen LogP contribution in [0.25, 0.3) is 5.65 Å². The van der Waals surface area contributed by atoms with E-state index in [1.165, 1.54) is 0 Å². The Hall–Kier alpha value is -1.53. The van der Waals surface area contributed by atoms with Crippen molar-refractivity contribution in [3.63, 3.8) is 0 Å². The highest BCUT2D eigenvalue weighted by Gasteiger charge is 2.10. The molecule has 20 heavy (non-hydrogen) atoms. The number of hydrogen-bond donors (Lipinski definition) is 2. The van der Waals surface area contributed by atoms with Gasteiger partial charge in [0.25, 0.3) is 5.91 Å². The van der Waals surface area contributed by atoms with Crippen LogP contribution in [0.2, 0.25) is 0 Å². The Kier molecular flexibility index (Phi) is 5.43. The number of carbonyl (C=O) groups is 1. The van der Waals surface area contributed by atoms with Gasteiger partial charge in [-0.3, -0.25) is 4.79 Å². The lowest BCUT2D eigenvalue weighted by atomic mass is 10.4. The van der Waals surface area contributed by atoms with Crippen molar-refractivity contribution in [1.29, 1.82) is 0 Å². The summed E-state index contributed by atoms with van der Waals surface area (Å²) in [5, 5.41) is 11.5. The zero-order valence-corrected chi connectivity index (χ0v) is 12.3. The third-order valence-corrected chi connectivity index (χ3v) is 3.98. The molecule has 0 bridgehead atoms. The first kappa shape index (κ1) is 14.9. The van der Waals surface area contributed by atoms with E-state index in [0.717, 1.165) is 29.3 Å². The Bertz CT molecular complexity index is 583. The number of thioether (sulfide) groups is 1. The molecule has 1 amide bonds. The summed E-state index contributed by atoms with van der Waals surface area (Å²) in [4.78, 5) is 16.3. The van der Waals surface area contributed by atoms with Gasteiger partial charge >= 0.3 is 0 Å². The Morgan fingerprint density at radius 1 is 1.45 bits per heavy atom. The van der Waals surface area contributed by atoms with Gasteiger partial charge in [-0.1, -0.05) is 6.07 Å². The summed E-state index contributed by atoms with van der Waals surface area (Å²) in [7, 11) is 0. The number of carbonyl (C=O) groups excluding carboxylic acids is 1. The molecule has 0 saturated heterocycles. The number of amides is 1. The van der Waals surface area contributed by atoms with Crippen LogP contribution in [-0.4, -0.2) is 45.1 Å².